The van der Waals surface area contributed by atoms with Crippen LogP contribution in [-0.4, -0.2) is 35.2 Å². The molecule has 0 radical (unpaired) electrons. The monoisotopic (exact) mass is 211 g/mol. The molecule has 0 aromatic rings. The molecule has 0 saturated carbocycles. The summed E-state index contributed by atoms with van der Waals surface area (Å²) in [5.74, 6) is -0.128. The molecule has 0 aliphatic carbocycles. The fraction of sp³-hybridized carbons (Fsp3) is 0.667. The number of guanidine groups is 1. The highest BCUT2D eigenvalue weighted by Crippen LogP contribution is 2.17. The van der Waals surface area contributed by atoms with Crippen molar-refractivity contribution in [2.75, 3.05) is 6.54 Å². The molecular formula is C9H17N5O. The number of hydrogen-bond donors (Lipinski definition) is 3. The first-order chi connectivity index (χ1) is 7.02. The number of carbonyl (C=O) groups excluding carboxylic acids is 1. The van der Waals surface area contributed by atoms with Gasteiger partial charge in [-0.2, -0.15) is 4.99 Å². The molecular weight excluding hydrogens is 194 g/mol. The SMILES string of the molecule is CC(N)=NC(=O)C1CCCCN1C(=N)N. The lowest BCUT2D eigenvalue weighted by molar-refractivity contribution is -0.122. The van der Waals surface area contributed by atoms with E-state index in [0.717, 1.165) is 12.8 Å². The molecule has 5 N–H and O–H groups in total. The molecule has 0 spiro atoms. The van der Waals surface area contributed by atoms with Crippen molar-refractivity contribution in [1.29, 1.82) is 5.41 Å². The number of nitrogens with two attached hydrogens (primary N) is 2. The lowest BCUT2D eigenvalue weighted by atomic mass is 10.0. The summed E-state index contributed by atoms with van der Waals surface area (Å²) in [5.41, 5.74) is 10.8. The van der Waals surface area contributed by atoms with E-state index in [1.165, 1.54) is 0 Å². The molecule has 15 heavy (non-hydrogen) atoms. The topological polar surface area (TPSA) is 109 Å². The van der Waals surface area contributed by atoms with E-state index in [1.54, 1.807) is 11.8 Å². The third-order valence-electron chi connectivity index (χ3n) is 2.38. The van der Waals surface area contributed by atoms with Gasteiger partial charge in [-0.3, -0.25) is 10.2 Å². The number of amides is 1. The fourth-order valence-corrected chi connectivity index (χ4v) is 1.72. The Morgan fingerprint density at radius 1 is 1.47 bits per heavy atom. The summed E-state index contributed by atoms with van der Waals surface area (Å²) in [5, 5.41) is 7.37. The van der Waals surface area contributed by atoms with Crippen LogP contribution in [0.2, 0.25) is 0 Å². The first kappa shape index (κ1) is 11.5. The maximum Gasteiger partial charge on any atom is 0.270 e. The number of nitrogens with one attached hydrogen (secondary N) is 1. The van der Waals surface area contributed by atoms with Crippen molar-refractivity contribution in [2.45, 2.75) is 32.2 Å². The van der Waals surface area contributed by atoms with Crippen LogP contribution < -0.4 is 11.5 Å². The van der Waals surface area contributed by atoms with Gasteiger partial charge in [0.15, 0.2) is 5.96 Å². The zero-order valence-electron chi connectivity index (χ0n) is 8.86. The molecule has 6 heteroatoms. The standard InChI is InChI=1S/C9H17N5O/c1-6(10)13-8(15)7-4-2-3-5-14(7)9(11)12/h7H,2-5H2,1H3,(H3,11,12)(H2,10,13,15). The van der Waals surface area contributed by atoms with E-state index in [4.69, 9.17) is 16.9 Å². The largest absolute Gasteiger partial charge is 0.387 e. The number of likely N-dealkylation sites (tertiary alicyclic amines) is 1. The molecule has 1 aliphatic heterocycles. The molecule has 1 rings (SSSR count). The van der Waals surface area contributed by atoms with E-state index in [0.29, 0.717) is 13.0 Å². The van der Waals surface area contributed by atoms with Gasteiger partial charge in [-0.1, -0.05) is 0 Å². The van der Waals surface area contributed by atoms with E-state index >= 15 is 0 Å². The molecule has 1 fully saturated rings. The molecule has 1 aliphatic rings. The summed E-state index contributed by atoms with van der Waals surface area (Å²) in [6, 6.07) is -0.408. The molecule has 1 heterocycles. The van der Waals surface area contributed by atoms with Crippen molar-refractivity contribution in [1.82, 2.24) is 4.90 Å². The summed E-state index contributed by atoms with van der Waals surface area (Å²) in [6.07, 6.45) is 2.60. The molecule has 1 saturated heterocycles. The van der Waals surface area contributed by atoms with E-state index in [2.05, 4.69) is 4.99 Å². The van der Waals surface area contributed by atoms with Crippen LogP contribution in [0.5, 0.6) is 0 Å². The Morgan fingerprint density at radius 3 is 2.67 bits per heavy atom. The minimum Gasteiger partial charge on any atom is -0.387 e. The number of aliphatic imine (C=N–C) groups is 1. The van der Waals surface area contributed by atoms with Crippen LogP contribution in [0.15, 0.2) is 4.99 Å². The van der Waals surface area contributed by atoms with Gasteiger partial charge in [-0.25, -0.2) is 0 Å². The Labute approximate surface area is 88.8 Å². The highest BCUT2D eigenvalue weighted by molar-refractivity contribution is 5.96. The van der Waals surface area contributed by atoms with Crippen LogP contribution in [0.4, 0.5) is 0 Å². The Balaban J connectivity index is 2.76. The lowest BCUT2D eigenvalue weighted by Gasteiger charge is -2.33. The number of nitrogens with zero attached hydrogens (tertiary/aromatic N) is 2. The number of hydrogen-bond acceptors (Lipinski definition) is 2. The predicted molar refractivity (Wildman–Crippen MR) is 58.6 cm³/mol. The molecule has 1 amide bonds. The Hall–Kier alpha value is -1.59. The number of carbonyl (C=O) groups is 1. The van der Waals surface area contributed by atoms with E-state index in [1.807, 2.05) is 0 Å². The highest BCUT2D eigenvalue weighted by atomic mass is 16.1. The van der Waals surface area contributed by atoms with Gasteiger partial charge < -0.3 is 16.4 Å². The average molecular weight is 211 g/mol. The van der Waals surface area contributed by atoms with Gasteiger partial charge in [-0.05, 0) is 26.2 Å². The normalized spacial score (nSPS) is 22.6. The van der Waals surface area contributed by atoms with Gasteiger partial charge in [0.1, 0.15) is 6.04 Å². The second-order valence-electron chi connectivity index (χ2n) is 3.68. The summed E-state index contributed by atoms with van der Waals surface area (Å²) in [7, 11) is 0. The summed E-state index contributed by atoms with van der Waals surface area (Å²) < 4.78 is 0. The third-order valence-corrected chi connectivity index (χ3v) is 2.38. The lowest BCUT2D eigenvalue weighted by Crippen LogP contribution is -2.50. The Bertz CT molecular complexity index is 295. The zero-order valence-corrected chi connectivity index (χ0v) is 8.86. The minimum absolute atomic E-state index is 0.0714. The van der Waals surface area contributed by atoms with Crippen molar-refractivity contribution in [3.8, 4) is 0 Å². The van der Waals surface area contributed by atoms with E-state index < -0.39 is 6.04 Å². The van der Waals surface area contributed by atoms with Crippen molar-refractivity contribution in [2.24, 2.45) is 16.5 Å². The molecule has 0 aromatic carbocycles. The van der Waals surface area contributed by atoms with Gasteiger partial charge in [0.25, 0.3) is 5.91 Å². The van der Waals surface area contributed by atoms with Gasteiger partial charge in [0.2, 0.25) is 0 Å². The average Bonchev–Trinajstić information content (AvgIpc) is 2.16. The number of rotatable bonds is 1. The summed E-state index contributed by atoms with van der Waals surface area (Å²) in [4.78, 5) is 16.9. The maximum atomic E-state index is 11.7. The second-order valence-corrected chi connectivity index (χ2v) is 3.68. The summed E-state index contributed by atoms with van der Waals surface area (Å²) in [6.45, 7) is 2.21. The van der Waals surface area contributed by atoms with Crippen molar-refractivity contribution < 1.29 is 4.79 Å². The second kappa shape index (κ2) is 4.77. The number of piperidine rings is 1. The van der Waals surface area contributed by atoms with Crippen molar-refractivity contribution in [3.05, 3.63) is 0 Å². The van der Waals surface area contributed by atoms with E-state index in [9.17, 15) is 4.79 Å². The first-order valence-electron chi connectivity index (χ1n) is 4.97. The van der Waals surface area contributed by atoms with Crippen LogP contribution in [0.3, 0.4) is 0 Å². The van der Waals surface area contributed by atoms with Gasteiger partial charge in [-0.15, -0.1) is 0 Å². The first-order valence-corrected chi connectivity index (χ1v) is 4.97. The minimum atomic E-state index is -0.408. The van der Waals surface area contributed by atoms with E-state index in [-0.39, 0.29) is 17.7 Å². The Kier molecular flexibility index (Phi) is 3.65. The molecule has 1 unspecified atom stereocenters. The smallest absolute Gasteiger partial charge is 0.270 e. The molecule has 1 atom stereocenters. The molecule has 6 nitrogen and oxygen atoms in total. The zero-order chi connectivity index (χ0) is 11.4. The van der Waals surface area contributed by atoms with Gasteiger partial charge in [0.05, 0.1) is 5.84 Å². The van der Waals surface area contributed by atoms with Gasteiger partial charge in [0, 0.05) is 6.54 Å². The summed E-state index contributed by atoms with van der Waals surface area (Å²) >= 11 is 0. The molecule has 0 aromatic heterocycles. The van der Waals surface area contributed by atoms with Crippen LogP contribution in [0.1, 0.15) is 26.2 Å². The van der Waals surface area contributed by atoms with Crippen LogP contribution >= 0.6 is 0 Å². The maximum absolute atomic E-state index is 11.7. The highest BCUT2D eigenvalue weighted by Gasteiger charge is 2.29. The fourth-order valence-electron chi connectivity index (χ4n) is 1.72. The third kappa shape index (κ3) is 2.93. The van der Waals surface area contributed by atoms with Crippen LogP contribution in [0, 0.1) is 5.41 Å². The quantitative estimate of drug-likeness (QED) is 0.406. The van der Waals surface area contributed by atoms with Gasteiger partial charge >= 0.3 is 0 Å². The number of amidine groups is 1. The van der Waals surface area contributed by atoms with Crippen LogP contribution in [0.25, 0.3) is 0 Å². The van der Waals surface area contributed by atoms with Crippen LogP contribution in [-0.2, 0) is 4.79 Å². The Morgan fingerprint density at radius 2 is 2.13 bits per heavy atom. The molecule has 0 bridgehead atoms. The molecule has 84 valence electrons. The van der Waals surface area contributed by atoms with Crippen molar-refractivity contribution in [3.63, 3.8) is 0 Å². The predicted octanol–water partition coefficient (Wildman–Crippen LogP) is -0.362. The van der Waals surface area contributed by atoms with Crippen molar-refractivity contribution >= 4 is 17.7 Å².